The number of anilines is 3. The Kier molecular flexibility index (Phi) is 4.35. The molecule has 0 radical (unpaired) electrons. The number of hydrogen-bond donors (Lipinski definition) is 1. The van der Waals surface area contributed by atoms with Gasteiger partial charge in [0.05, 0.1) is 12.2 Å². The average Bonchev–Trinajstić information content (AvgIpc) is 2.61. The molecule has 0 atom stereocenters. The van der Waals surface area contributed by atoms with Gasteiger partial charge in [-0.3, -0.25) is 0 Å². The second-order valence-corrected chi connectivity index (χ2v) is 6.03. The van der Waals surface area contributed by atoms with Crippen molar-refractivity contribution in [1.82, 2.24) is 15.0 Å². The highest BCUT2D eigenvalue weighted by Gasteiger charge is 2.21. The quantitative estimate of drug-likeness (QED) is 0.709. The molecule has 0 spiro atoms. The van der Waals surface area contributed by atoms with Gasteiger partial charge in [0.2, 0.25) is 0 Å². The van der Waals surface area contributed by atoms with Crippen LogP contribution >= 0.6 is 0 Å². The number of rotatable bonds is 5. The van der Waals surface area contributed by atoms with Crippen molar-refractivity contribution in [1.29, 1.82) is 0 Å². The third-order valence-corrected chi connectivity index (χ3v) is 4.41. The highest BCUT2D eigenvalue weighted by atomic mass is 16.5. The van der Waals surface area contributed by atoms with Crippen LogP contribution in [0.1, 0.15) is 23.7 Å². The van der Waals surface area contributed by atoms with Gasteiger partial charge in [-0.2, -0.15) is 0 Å². The molecule has 3 heterocycles. The van der Waals surface area contributed by atoms with Crippen LogP contribution in [0.5, 0.6) is 0 Å². The number of hydrogen-bond acceptors (Lipinski definition) is 7. The molecule has 0 amide bonds. The first-order valence-corrected chi connectivity index (χ1v) is 8.64. The number of aromatic nitrogens is 3. The summed E-state index contributed by atoms with van der Waals surface area (Å²) in [6.45, 7) is 4.19. The normalized spacial score (nSPS) is 13.3. The van der Waals surface area contributed by atoms with Gasteiger partial charge in [-0.05, 0) is 37.6 Å². The summed E-state index contributed by atoms with van der Waals surface area (Å²) in [5.74, 6) is 0.929. The second-order valence-electron chi connectivity index (χ2n) is 6.03. The molecule has 7 nitrogen and oxygen atoms in total. The summed E-state index contributed by atoms with van der Waals surface area (Å²) in [5.41, 5.74) is 1.64. The molecule has 0 unspecified atom stereocenters. The fraction of sp³-hybridized carbons (Fsp3) is 0.263. The Morgan fingerprint density at radius 3 is 2.77 bits per heavy atom. The van der Waals surface area contributed by atoms with Crippen molar-refractivity contribution in [2.45, 2.75) is 13.3 Å². The van der Waals surface area contributed by atoms with Gasteiger partial charge in [-0.1, -0.05) is 0 Å². The van der Waals surface area contributed by atoms with Crippen molar-refractivity contribution in [3.05, 3.63) is 48.5 Å². The van der Waals surface area contributed by atoms with Crippen LogP contribution in [-0.2, 0) is 4.74 Å². The number of esters is 1. The van der Waals surface area contributed by atoms with Crippen molar-refractivity contribution >= 4 is 34.1 Å². The lowest BCUT2D eigenvalue weighted by Gasteiger charge is -2.34. The molecule has 0 saturated carbocycles. The van der Waals surface area contributed by atoms with Crippen LogP contribution in [0.4, 0.5) is 17.3 Å². The SMILES string of the molecule is CCOC(=O)c1ccc(N2CCC2)c2cnc(Nc3ccncn3)cc12. The van der Waals surface area contributed by atoms with Gasteiger partial charge in [-0.25, -0.2) is 19.7 Å². The molecule has 4 rings (SSSR count). The van der Waals surface area contributed by atoms with Gasteiger partial charge in [-0.15, -0.1) is 0 Å². The third-order valence-electron chi connectivity index (χ3n) is 4.41. The summed E-state index contributed by atoms with van der Waals surface area (Å²) in [5, 5.41) is 4.91. The van der Waals surface area contributed by atoms with Gasteiger partial charge in [0, 0.05) is 41.9 Å². The van der Waals surface area contributed by atoms with Gasteiger partial charge < -0.3 is 15.0 Å². The summed E-state index contributed by atoms with van der Waals surface area (Å²) in [6, 6.07) is 7.44. The fourth-order valence-corrected chi connectivity index (χ4v) is 3.01. The van der Waals surface area contributed by atoms with Gasteiger partial charge in [0.15, 0.2) is 0 Å². The first-order valence-electron chi connectivity index (χ1n) is 8.64. The molecular formula is C19H19N5O2. The van der Waals surface area contributed by atoms with E-state index in [0.29, 0.717) is 23.8 Å². The second kappa shape index (κ2) is 6.95. The predicted octanol–water partition coefficient (Wildman–Crippen LogP) is 3.16. The summed E-state index contributed by atoms with van der Waals surface area (Å²) < 4.78 is 5.22. The maximum Gasteiger partial charge on any atom is 0.338 e. The van der Waals surface area contributed by atoms with E-state index in [9.17, 15) is 4.79 Å². The molecule has 0 bridgehead atoms. The topological polar surface area (TPSA) is 80.2 Å². The van der Waals surface area contributed by atoms with Crippen LogP contribution < -0.4 is 10.2 Å². The molecule has 132 valence electrons. The predicted molar refractivity (Wildman–Crippen MR) is 99.8 cm³/mol. The van der Waals surface area contributed by atoms with Crippen LogP contribution in [-0.4, -0.2) is 40.6 Å². The number of carbonyl (C=O) groups is 1. The molecule has 1 N–H and O–H groups in total. The Bertz CT molecular complexity index is 941. The van der Waals surface area contributed by atoms with E-state index in [1.54, 1.807) is 25.4 Å². The average molecular weight is 349 g/mol. The van der Waals surface area contributed by atoms with Crippen molar-refractivity contribution in [2.24, 2.45) is 0 Å². The standard InChI is InChI=1S/C19H19N5O2/c1-2-26-19(25)13-4-5-16(24-8-3-9-24)15-11-21-18(10-14(13)15)23-17-6-7-20-12-22-17/h4-7,10-12H,2-3,8-9H2,1H3,(H,20,21,22,23). The fourth-order valence-electron chi connectivity index (χ4n) is 3.01. The first-order chi connectivity index (χ1) is 12.8. The molecule has 1 aliphatic rings. The monoisotopic (exact) mass is 349 g/mol. The number of nitrogens with zero attached hydrogens (tertiary/aromatic N) is 4. The molecule has 7 heteroatoms. The van der Waals surface area contributed by atoms with Gasteiger partial charge in [0.25, 0.3) is 0 Å². The molecular weight excluding hydrogens is 330 g/mol. The third kappa shape index (κ3) is 3.03. The zero-order valence-corrected chi connectivity index (χ0v) is 14.5. The molecule has 1 aromatic carbocycles. The maximum atomic E-state index is 12.4. The zero-order valence-electron chi connectivity index (χ0n) is 14.5. The van der Waals surface area contributed by atoms with Crippen molar-refractivity contribution < 1.29 is 9.53 Å². The van der Waals surface area contributed by atoms with E-state index in [4.69, 9.17) is 4.74 Å². The van der Waals surface area contributed by atoms with Gasteiger partial charge >= 0.3 is 5.97 Å². The van der Waals surface area contributed by atoms with E-state index in [2.05, 4.69) is 25.2 Å². The smallest absolute Gasteiger partial charge is 0.338 e. The van der Waals surface area contributed by atoms with E-state index in [1.807, 2.05) is 18.2 Å². The van der Waals surface area contributed by atoms with E-state index >= 15 is 0 Å². The summed E-state index contributed by atoms with van der Waals surface area (Å²) in [4.78, 5) is 27.2. The lowest BCUT2D eigenvalue weighted by Crippen LogP contribution is -2.37. The Morgan fingerprint density at radius 2 is 2.08 bits per heavy atom. The van der Waals surface area contributed by atoms with E-state index < -0.39 is 0 Å². The number of carbonyl (C=O) groups excluding carboxylic acids is 1. The first kappa shape index (κ1) is 16.3. The van der Waals surface area contributed by atoms with Gasteiger partial charge in [0.1, 0.15) is 18.0 Å². The number of pyridine rings is 1. The van der Waals surface area contributed by atoms with Crippen molar-refractivity contribution in [3.63, 3.8) is 0 Å². The number of benzene rings is 1. The minimum Gasteiger partial charge on any atom is -0.462 e. The van der Waals surface area contributed by atoms with Crippen molar-refractivity contribution in [2.75, 3.05) is 29.9 Å². The number of nitrogens with one attached hydrogen (secondary N) is 1. The Balaban J connectivity index is 1.79. The molecule has 26 heavy (non-hydrogen) atoms. The molecule has 1 aliphatic heterocycles. The summed E-state index contributed by atoms with van der Waals surface area (Å²) in [6.07, 6.45) is 6.11. The highest BCUT2D eigenvalue weighted by Crippen LogP contribution is 2.33. The minimum absolute atomic E-state index is 0.327. The number of ether oxygens (including phenoxy) is 1. The van der Waals surface area contributed by atoms with Crippen LogP contribution in [0.25, 0.3) is 10.8 Å². The highest BCUT2D eigenvalue weighted by molar-refractivity contribution is 6.09. The Hall–Kier alpha value is -3.22. The molecule has 2 aromatic heterocycles. The maximum absolute atomic E-state index is 12.4. The largest absolute Gasteiger partial charge is 0.462 e. The Morgan fingerprint density at radius 1 is 1.19 bits per heavy atom. The Labute approximate surface area is 151 Å². The van der Waals surface area contributed by atoms with E-state index in [1.165, 1.54) is 12.7 Å². The lowest BCUT2D eigenvalue weighted by molar-refractivity contribution is 0.0528. The van der Waals surface area contributed by atoms with E-state index in [0.717, 1.165) is 29.5 Å². The molecule has 1 saturated heterocycles. The number of fused-ring (bicyclic) bond motifs is 1. The van der Waals surface area contributed by atoms with Crippen LogP contribution in [0.15, 0.2) is 43.0 Å². The molecule has 0 aliphatic carbocycles. The van der Waals surface area contributed by atoms with Crippen molar-refractivity contribution in [3.8, 4) is 0 Å². The molecule has 3 aromatic rings. The van der Waals surface area contributed by atoms with Crippen LogP contribution in [0, 0.1) is 0 Å². The summed E-state index contributed by atoms with van der Waals surface area (Å²) in [7, 11) is 0. The van der Waals surface area contributed by atoms with Crippen LogP contribution in [0.3, 0.4) is 0 Å². The van der Waals surface area contributed by atoms with Crippen LogP contribution in [0.2, 0.25) is 0 Å². The minimum atomic E-state index is -0.327. The van der Waals surface area contributed by atoms with E-state index in [-0.39, 0.29) is 5.97 Å². The molecule has 1 fully saturated rings. The lowest BCUT2D eigenvalue weighted by atomic mass is 10.0. The summed E-state index contributed by atoms with van der Waals surface area (Å²) >= 11 is 0. The zero-order chi connectivity index (χ0) is 17.9.